The van der Waals surface area contributed by atoms with E-state index in [-0.39, 0.29) is 5.78 Å². The average molecular weight is 193 g/mol. The van der Waals surface area contributed by atoms with E-state index < -0.39 is 0 Å². The quantitative estimate of drug-likeness (QED) is 0.530. The van der Waals surface area contributed by atoms with Gasteiger partial charge < -0.3 is 4.90 Å². The Kier molecular flexibility index (Phi) is 3.06. The van der Waals surface area contributed by atoms with Crippen LogP contribution in [0.4, 0.5) is 0 Å². The Morgan fingerprint density at radius 3 is 2.64 bits per heavy atom. The van der Waals surface area contributed by atoms with Gasteiger partial charge in [-0.1, -0.05) is 0 Å². The maximum Gasteiger partial charge on any atom is 0.190 e. The van der Waals surface area contributed by atoms with E-state index in [4.69, 9.17) is 0 Å². The van der Waals surface area contributed by atoms with E-state index in [0.717, 1.165) is 5.69 Å². The number of aryl methyl sites for hydroxylation is 1. The molecule has 0 saturated heterocycles. The molecule has 1 aromatic rings. The van der Waals surface area contributed by atoms with Crippen LogP contribution >= 0.6 is 0 Å². The van der Waals surface area contributed by atoms with Gasteiger partial charge in [-0.25, -0.2) is 0 Å². The van der Waals surface area contributed by atoms with Gasteiger partial charge in [0.2, 0.25) is 0 Å². The van der Waals surface area contributed by atoms with E-state index in [9.17, 15) is 4.79 Å². The molecule has 0 atom stereocenters. The predicted molar refractivity (Wildman–Crippen MR) is 55.1 cm³/mol. The highest BCUT2D eigenvalue weighted by Gasteiger charge is 2.09. The third-order valence-corrected chi connectivity index (χ3v) is 2.02. The standard InChI is InChI=1S/C10H15N3O/c1-8-9(7-11-13(8)4)10(14)5-6-12(2)3/h5-7H,1-4H3/b6-5-. The van der Waals surface area contributed by atoms with Crippen LogP contribution in [0.15, 0.2) is 18.5 Å². The largest absolute Gasteiger partial charge is 0.383 e. The summed E-state index contributed by atoms with van der Waals surface area (Å²) in [5, 5.41) is 4.01. The molecular formula is C10H15N3O. The topological polar surface area (TPSA) is 38.1 Å². The third-order valence-electron chi connectivity index (χ3n) is 2.02. The van der Waals surface area contributed by atoms with Crippen molar-refractivity contribution in [3.63, 3.8) is 0 Å². The Labute approximate surface area is 83.8 Å². The second-order valence-electron chi connectivity index (χ2n) is 3.41. The highest BCUT2D eigenvalue weighted by Crippen LogP contribution is 2.07. The minimum atomic E-state index is -0.00991. The van der Waals surface area contributed by atoms with Gasteiger partial charge in [0, 0.05) is 39.1 Å². The molecule has 4 nitrogen and oxygen atoms in total. The van der Waals surface area contributed by atoms with Gasteiger partial charge in [-0.05, 0) is 6.92 Å². The van der Waals surface area contributed by atoms with Crippen molar-refractivity contribution >= 4 is 5.78 Å². The lowest BCUT2D eigenvalue weighted by molar-refractivity contribution is 0.104. The molecule has 0 spiro atoms. The summed E-state index contributed by atoms with van der Waals surface area (Å²) in [4.78, 5) is 13.4. The van der Waals surface area contributed by atoms with Crippen LogP contribution in [0, 0.1) is 6.92 Å². The summed E-state index contributed by atoms with van der Waals surface area (Å²) in [5.74, 6) is -0.00991. The van der Waals surface area contributed by atoms with Gasteiger partial charge in [-0.3, -0.25) is 9.48 Å². The van der Waals surface area contributed by atoms with E-state index in [1.165, 1.54) is 0 Å². The number of hydrogen-bond acceptors (Lipinski definition) is 3. The first-order valence-electron chi connectivity index (χ1n) is 4.40. The lowest BCUT2D eigenvalue weighted by Crippen LogP contribution is -2.04. The number of ketones is 1. The average Bonchev–Trinajstić information content (AvgIpc) is 2.44. The first kappa shape index (κ1) is 10.5. The SMILES string of the molecule is Cc1c(C(=O)/C=C\N(C)C)cnn1C. The molecule has 0 unspecified atom stereocenters. The summed E-state index contributed by atoms with van der Waals surface area (Å²) in [5.41, 5.74) is 1.55. The predicted octanol–water partition coefficient (Wildman–Crippen LogP) is 0.987. The number of aromatic nitrogens is 2. The van der Waals surface area contributed by atoms with E-state index in [1.54, 1.807) is 23.2 Å². The van der Waals surface area contributed by atoms with Crippen LogP contribution < -0.4 is 0 Å². The second-order valence-corrected chi connectivity index (χ2v) is 3.41. The zero-order chi connectivity index (χ0) is 10.7. The van der Waals surface area contributed by atoms with Crippen LogP contribution in [0.1, 0.15) is 16.1 Å². The zero-order valence-electron chi connectivity index (χ0n) is 8.98. The van der Waals surface area contributed by atoms with Gasteiger partial charge >= 0.3 is 0 Å². The fourth-order valence-electron chi connectivity index (χ4n) is 1.05. The molecule has 0 aliphatic rings. The molecule has 1 aromatic heterocycles. The highest BCUT2D eigenvalue weighted by molar-refractivity contribution is 6.05. The smallest absolute Gasteiger partial charge is 0.190 e. The number of hydrogen-bond donors (Lipinski definition) is 0. The third kappa shape index (κ3) is 2.22. The molecule has 0 N–H and O–H groups in total. The molecule has 0 aliphatic carbocycles. The van der Waals surface area contributed by atoms with Gasteiger partial charge in [0.15, 0.2) is 5.78 Å². The van der Waals surface area contributed by atoms with Gasteiger partial charge in [0.25, 0.3) is 0 Å². The van der Waals surface area contributed by atoms with Crippen LogP contribution in [0.2, 0.25) is 0 Å². The molecule has 76 valence electrons. The summed E-state index contributed by atoms with van der Waals surface area (Å²) in [7, 11) is 5.57. The van der Waals surface area contributed by atoms with Crippen LogP contribution in [0.25, 0.3) is 0 Å². The molecule has 0 fully saturated rings. The van der Waals surface area contributed by atoms with E-state index in [2.05, 4.69) is 5.10 Å². The first-order valence-corrected chi connectivity index (χ1v) is 4.40. The van der Waals surface area contributed by atoms with Crippen LogP contribution in [0.5, 0.6) is 0 Å². The molecule has 0 radical (unpaired) electrons. The van der Waals surface area contributed by atoms with Gasteiger partial charge in [0.1, 0.15) is 0 Å². The fourth-order valence-corrected chi connectivity index (χ4v) is 1.05. The number of carbonyl (C=O) groups is 1. The lowest BCUT2D eigenvalue weighted by Gasteiger charge is -2.02. The molecule has 0 aromatic carbocycles. The molecule has 0 bridgehead atoms. The normalized spacial score (nSPS) is 10.9. The van der Waals surface area contributed by atoms with Crippen molar-refractivity contribution in [2.24, 2.45) is 7.05 Å². The van der Waals surface area contributed by atoms with Crippen molar-refractivity contribution in [1.82, 2.24) is 14.7 Å². The lowest BCUT2D eigenvalue weighted by atomic mass is 10.2. The molecule has 0 aliphatic heterocycles. The number of allylic oxidation sites excluding steroid dienone is 1. The van der Waals surface area contributed by atoms with Crippen molar-refractivity contribution in [1.29, 1.82) is 0 Å². The van der Waals surface area contributed by atoms with Crippen molar-refractivity contribution in [3.8, 4) is 0 Å². The highest BCUT2D eigenvalue weighted by atomic mass is 16.1. The number of nitrogens with zero attached hydrogens (tertiary/aromatic N) is 3. The molecule has 1 heterocycles. The second kappa shape index (κ2) is 4.09. The maximum absolute atomic E-state index is 11.6. The molecule has 0 amide bonds. The monoisotopic (exact) mass is 193 g/mol. The Bertz CT molecular complexity index is 363. The van der Waals surface area contributed by atoms with Gasteiger partial charge in [0.05, 0.1) is 11.8 Å². The van der Waals surface area contributed by atoms with Crippen molar-refractivity contribution in [3.05, 3.63) is 29.7 Å². The van der Waals surface area contributed by atoms with Gasteiger partial charge in [-0.15, -0.1) is 0 Å². The Morgan fingerprint density at radius 1 is 1.57 bits per heavy atom. The van der Waals surface area contributed by atoms with Crippen molar-refractivity contribution < 1.29 is 4.79 Å². The zero-order valence-corrected chi connectivity index (χ0v) is 8.98. The Morgan fingerprint density at radius 2 is 2.21 bits per heavy atom. The van der Waals surface area contributed by atoms with E-state index in [0.29, 0.717) is 5.56 Å². The fraction of sp³-hybridized carbons (Fsp3) is 0.400. The Hall–Kier alpha value is -1.58. The number of carbonyl (C=O) groups excluding carboxylic acids is 1. The minimum Gasteiger partial charge on any atom is -0.383 e. The summed E-state index contributed by atoms with van der Waals surface area (Å²) in [6.45, 7) is 1.88. The molecular weight excluding hydrogens is 178 g/mol. The summed E-state index contributed by atoms with van der Waals surface area (Å²) in [6.07, 6.45) is 4.87. The molecule has 4 heteroatoms. The molecule has 0 saturated carbocycles. The molecule has 1 rings (SSSR count). The maximum atomic E-state index is 11.6. The van der Waals surface area contributed by atoms with Crippen LogP contribution in [-0.2, 0) is 7.05 Å². The first-order chi connectivity index (χ1) is 6.52. The van der Waals surface area contributed by atoms with E-state index >= 15 is 0 Å². The van der Waals surface area contributed by atoms with Gasteiger partial charge in [-0.2, -0.15) is 5.10 Å². The number of rotatable bonds is 3. The van der Waals surface area contributed by atoms with Crippen LogP contribution in [0.3, 0.4) is 0 Å². The summed E-state index contributed by atoms with van der Waals surface area (Å²) >= 11 is 0. The van der Waals surface area contributed by atoms with E-state index in [1.807, 2.05) is 33.0 Å². The summed E-state index contributed by atoms with van der Waals surface area (Å²) < 4.78 is 1.69. The van der Waals surface area contributed by atoms with Crippen molar-refractivity contribution in [2.45, 2.75) is 6.92 Å². The molecule has 14 heavy (non-hydrogen) atoms. The van der Waals surface area contributed by atoms with Crippen LogP contribution in [-0.4, -0.2) is 34.6 Å². The summed E-state index contributed by atoms with van der Waals surface area (Å²) in [6, 6.07) is 0. The van der Waals surface area contributed by atoms with Crippen molar-refractivity contribution in [2.75, 3.05) is 14.1 Å². The Balaban J connectivity index is 2.85. The minimum absolute atomic E-state index is 0.00991.